The molecule has 0 aliphatic heterocycles. The van der Waals surface area contributed by atoms with Gasteiger partial charge in [0, 0.05) is 30.3 Å². The summed E-state index contributed by atoms with van der Waals surface area (Å²) in [5.74, 6) is -0.268. The number of anilines is 1. The Kier molecular flexibility index (Phi) is 4.16. The van der Waals surface area contributed by atoms with Crippen molar-refractivity contribution < 1.29 is 4.79 Å². The highest BCUT2D eigenvalue weighted by atomic mass is 35.5. The first-order chi connectivity index (χ1) is 11.0. The fourth-order valence-corrected chi connectivity index (χ4v) is 2.42. The molecule has 0 spiro atoms. The largest absolute Gasteiger partial charge is 0.321 e. The number of halogens is 1. The molecule has 7 heteroatoms. The number of aromatic nitrogens is 4. The molecule has 0 bridgehead atoms. The van der Waals surface area contributed by atoms with Gasteiger partial charge in [0.25, 0.3) is 5.91 Å². The lowest BCUT2D eigenvalue weighted by atomic mass is 10.2. The molecule has 0 saturated heterocycles. The second-order valence-corrected chi connectivity index (χ2v) is 5.77. The zero-order chi connectivity index (χ0) is 16.4. The SMILES string of the molecule is CC(C)n1ccc(C(=O)Nc2ccc(-n3ccnc3)c(Cl)c2)n1. The Bertz CT molecular complexity index is 823. The third-order valence-corrected chi connectivity index (χ3v) is 3.66. The Balaban J connectivity index is 1.77. The van der Waals surface area contributed by atoms with Crippen molar-refractivity contribution >= 4 is 23.2 Å². The van der Waals surface area contributed by atoms with Gasteiger partial charge in [-0.2, -0.15) is 5.10 Å². The van der Waals surface area contributed by atoms with Gasteiger partial charge >= 0.3 is 0 Å². The smallest absolute Gasteiger partial charge is 0.276 e. The molecule has 2 aromatic heterocycles. The fraction of sp³-hybridized carbons (Fsp3) is 0.188. The molecular formula is C16H16ClN5O. The van der Waals surface area contributed by atoms with E-state index in [4.69, 9.17) is 11.6 Å². The van der Waals surface area contributed by atoms with Crippen LogP contribution < -0.4 is 5.32 Å². The number of hydrogen-bond acceptors (Lipinski definition) is 3. The number of rotatable bonds is 4. The van der Waals surface area contributed by atoms with E-state index < -0.39 is 0 Å². The maximum absolute atomic E-state index is 12.2. The summed E-state index contributed by atoms with van der Waals surface area (Å²) in [6.07, 6.45) is 6.93. The standard InChI is InChI=1S/C16H16ClN5O/c1-11(2)22-7-5-14(20-22)16(23)19-12-3-4-15(13(17)9-12)21-8-6-18-10-21/h3-11H,1-2H3,(H,19,23). The van der Waals surface area contributed by atoms with Crippen LogP contribution >= 0.6 is 11.6 Å². The van der Waals surface area contributed by atoms with Gasteiger partial charge in [-0.05, 0) is 38.1 Å². The molecule has 1 amide bonds. The van der Waals surface area contributed by atoms with Crippen molar-refractivity contribution in [3.05, 3.63) is 59.9 Å². The second kappa shape index (κ2) is 6.26. The van der Waals surface area contributed by atoms with E-state index in [1.54, 1.807) is 52.4 Å². The lowest BCUT2D eigenvalue weighted by Crippen LogP contribution is -2.14. The van der Waals surface area contributed by atoms with Gasteiger partial charge in [0.2, 0.25) is 0 Å². The molecule has 118 valence electrons. The topological polar surface area (TPSA) is 64.7 Å². The molecule has 23 heavy (non-hydrogen) atoms. The van der Waals surface area contributed by atoms with Crippen molar-refractivity contribution in [2.24, 2.45) is 0 Å². The molecule has 0 unspecified atom stereocenters. The number of benzene rings is 1. The van der Waals surface area contributed by atoms with Crippen LogP contribution in [0.5, 0.6) is 0 Å². The highest BCUT2D eigenvalue weighted by Gasteiger charge is 2.12. The third-order valence-electron chi connectivity index (χ3n) is 3.36. The molecule has 2 heterocycles. The van der Waals surface area contributed by atoms with Crippen LogP contribution in [0.15, 0.2) is 49.2 Å². The Morgan fingerprint density at radius 2 is 2.09 bits per heavy atom. The third kappa shape index (κ3) is 3.27. The average Bonchev–Trinajstić information content (AvgIpc) is 3.19. The average molecular weight is 330 g/mol. The first kappa shape index (κ1) is 15.3. The molecule has 0 atom stereocenters. The first-order valence-electron chi connectivity index (χ1n) is 7.19. The van der Waals surface area contributed by atoms with Crippen LogP contribution in [0.2, 0.25) is 5.02 Å². The van der Waals surface area contributed by atoms with Gasteiger partial charge in [0.1, 0.15) is 0 Å². The molecule has 1 N–H and O–H groups in total. The molecule has 1 aromatic carbocycles. The minimum absolute atomic E-state index is 0.209. The van der Waals surface area contributed by atoms with E-state index in [1.165, 1.54) is 0 Å². The van der Waals surface area contributed by atoms with E-state index in [0.717, 1.165) is 5.69 Å². The van der Waals surface area contributed by atoms with Gasteiger partial charge in [-0.25, -0.2) is 4.98 Å². The quantitative estimate of drug-likeness (QED) is 0.796. The summed E-state index contributed by atoms with van der Waals surface area (Å²) >= 11 is 6.28. The van der Waals surface area contributed by atoms with Crippen molar-refractivity contribution in [3.8, 4) is 5.69 Å². The summed E-state index contributed by atoms with van der Waals surface area (Å²) in [7, 11) is 0. The van der Waals surface area contributed by atoms with Gasteiger partial charge in [-0.1, -0.05) is 11.6 Å². The summed E-state index contributed by atoms with van der Waals surface area (Å²) in [6.45, 7) is 4.01. The van der Waals surface area contributed by atoms with Crippen LogP contribution in [0, 0.1) is 0 Å². The van der Waals surface area contributed by atoms with Gasteiger partial charge in [0.05, 0.1) is 17.0 Å². The summed E-state index contributed by atoms with van der Waals surface area (Å²) in [5.41, 5.74) is 1.78. The predicted octanol–water partition coefficient (Wildman–Crippen LogP) is 3.56. The van der Waals surface area contributed by atoms with Gasteiger partial charge in [0.15, 0.2) is 5.69 Å². The maximum atomic E-state index is 12.2. The summed E-state index contributed by atoms with van der Waals surface area (Å²) < 4.78 is 3.54. The number of amides is 1. The van der Waals surface area contributed by atoms with E-state index in [2.05, 4.69) is 15.4 Å². The van der Waals surface area contributed by atoms with E-state index in [9.17, 15) is 4.79 Å². The number of nitrogens with zero attached hydrogens (tertiary/aromatic N) is 4. The molecule has 0 saturated carbocycles. The zero-order valence-electron chi connectivity index (χ0n) is 12.8. The van der Waals surface area contributed by atoms with Crippen molar-refractivity contribution in [1.82, 2.24) is 19.3 Å². The van der Waals surface area contributed by atoms with Crippen molar-refractivity contribution in [3.63, 3.8) is 0 Å². The molecular weight excluding hydrogens is 314 g/mol. The van der Waals surface area contributed by atoms with Crippen LogP contribution in [0.3, 0.4) is 0 Å². The van der Waals surface area contributed by atoms with Gasteiger partial charge in [-0.15, -0.1) is 0 Å². The first-order valence-corrected chi connectivity index (χ1v) is 7.57. The maximum Gasteiger partial charge on any atom is 0.276 e. The summed E-state index contributed by atoms with van der Waals surface area (Å²) in [4.78, 5) is 16.2. The van der Waals surface area contributed by atoms with E-state index in [-0.39, 0.29) is 11.9 Å². The minimum atomic E-state index is -0.268. The number of carbonyl (C=O) groups is 1. The number of carbonyl (C=O) groups excluding carboxylic acids is 1. The van der Waals surface area contributed by atoms with Crippen molar-refractivity contribution in [2.45, 2.75) is 19.9 Å². The monoisotopic (exact) mass is 329 g/mol. The van der Waals surface area contributed by atoms with Gasteiger partial charge in [-0.3, -0.25) is 9.48 Å². The summed E-state index contributed by atoms with van der Waals surface area (Å²) in [6, 6.07) is 7.22. The van der Waals surface area contributed by atoms with E-state index in [0.29, 0.717) is 16.4 Å². The highest BCUT2D eigenvalue weighted by molar-refractivity contribution is 6.32. The van der Waals surface area contributed by atoms with E-state index >= 15 is 0 Å². The summed E-state index contributed by atoms with van der Waals surface area (Å²) in [5, 5.41) is 7.57. The predicted molar refractivity (Wildman–Crippen MR) is 89.1 cm³/mol. The number of nitrogens with one attached hydrogen (secondary N) is 1. The van der Waals surface area contributed by atoms with Crippen LogP contribution in [-0.2, 0) is 0 Å². The molecule has 0 radical (unpaired) electrons. The lowest BCUT2D eigenvalue weighted by molar-refractivity contribution is 0.102. The fourth-order valence-electron chi connectivity index (χ4n) is 2.14. The van der Waals surface area contributed by atoms with E-state index in [1.807, 2.05) is 19.9 Å². The molecule has 3 aromatic rings. The Morgan fingerprint density at radius 1 is 1.26 bits per heavy atom. The normalized spacial score (nSPS) is 11.0. The highest BCUT2D eigenvalue weighted by Crippen LogP contribution is 2.24. The van der Waals surface area contributed by atoms with Crippen molar-refractivity contribution in [2.75, 3.05) is 5.32 Å². The number of imidazole rings is 1. The lowest BCUT2D eigenvalue weighted by Gasteiger charge is -2.08. The molecule has 6 nitrogen and oxygen atoms in total. The number of hydrogen-bond donors (Lipinski definition) is 1. The Labute approximate surface area is 138 Å². The second-order valence-electron chi connectivity index (χ2n) is 5.37. The molecule has 0 fully saturated rings. The molecule has 0 aliphatic rings. The minimum Gasteiger partial charge on any atom is -0.321 e. The molecule has 0 aliphatic carbocycles. The van der Waals surface area contributed by atoms with Crippen molar-refractivity contribution in [1.29, 1.82) is 0 Å². The Morgan fingerprint density at radius 3 is 2.70 bits per heavy atom. The van der Waals surface area contributed by atoms with Crippen LogP contribution in [0.1, 0.15) is 30.4 Å². The van der Waals surface area contributed by atoms with Crippen LogP contribution in [0.4, 0.5) is 5.69 Å². The van der Waals surface area contributed by atoms with Crippen LogP contribution in [0.25, 0.3) is 5.69 Å². The van der Waals surface area contributed by atoms with Gasteiger partial charge < -0.3 is 9.88 Å². The van der Waals surface area contributed by atoms with Crippen LogP contribution in [-0.4, -0.2) is 25.2 Å². The zero-order valence-corrected chi connectivity index (χ0v) is 13.5. The molecule has 3 rings (SSSR count). The Hall–Kier alpha value is -2.60.